The van der Waals surface area contributed by atoms with Crippen molar-refractivity contribution in [2.24, 2.45) is 7.05 Å². The topological polar surface area (TPSA) is 59.8 Å². The zero-order valence-corrected chi connectivity index (χ0v) is 14.2. The summed E-state index contributed by atoms with van der Waals surface area (Å²) in [6.07, 6.45) is 1.79. The zero-order chi connectivity index (χ0) is 15.7. The maximum atomic E-state index is 12.3. The third-order valence-electron chi connectivity index (χ3n) is 3.59. The molecule has 0 fully saturated rings. The fourth-order valence-electron chi connectivity index (χ4n) is 2.19. The van der Waals surface area contributed by atoms with Crippen LogP contribution in [-0.4, -0.2) is 20.7 Å². The lowest BCUT2D eigenvalue weighted by Crippen LogP contribution is -2.27. The SMILES string of the molecule is Cc1c(C(C)NC(=O)c2csc(-c3ccsc3)n2)cnn1C. The number of rotatable bonds is 4. The van der Waals surface area contributed by atoms with Gasteiger partial charge in [0.15, 0.2) is 0 Å². The monoisotopic (exact) mass is 332 g/mol. The van der Waals surface area contributed by atoms with Gasteiger partial charge in [0.2, 0.25) is 0 Å². The summed E-state index contributed by atoms with van der Waals surface area (Å²) in [5, 5.41) is 13.9. The molecule has 0 saturated heterocycles. The molecule has 5 nitrogen and oxygen atoms in total. The molecule has 0 saturated carbocycles. The molecule has 1 N–H and O–H groups in total. The van der Waals surface area contributed by atoms with Gasteiger partial charge in [0.25, 0.3) is 5.91 Å². The molecule has 114 valence electrons. The van der Waals surface area contributed by atoms with Gasteiger partial charge >= 0.3 is 0 Å². The Morgan fingerprint density at radius 1 is 1.41 bits per heavy atom. The van der Waals surface area contributed by atoms with E-state index in [9.17, 15) is 4.79 Å². The van der Waals surface area contributed by atoms with Gasteiger partial charge in [-0.25, -0.2) is 4.98 Å². The summed E-state index contributed by atoms with van der Waals surface area (Å²) in [4.78, 5) is 16.8. The summed E-state index contributed by atoms with van der Waals surface area (Å²) in [5.41, 5.74) is 3.58. The molecule has 3 aromatic rings. The van der Waals surface area contributed by atoms with Gasteiger partial charge < -0.3 is 5.32 Å². The average Bonchev–Trinajstić information content (AvgIpc) is 3.21. The van der Waals surface area contributed by atoms with Crippen LogP contribution in [0.5, 0.6) is 0 Å². The Morgan fingerprint density at radius 2 is 2.23 bits per heavy atom. The van der Waals surface area contributed by atoms with Gasteiger partial charge in [-0.15, -0.1) is 11.3 Å². The van der Waals surface area contributed by atoms with Crippen molar-refractivity contribution in [3.63, 3.8) is 0 Å². The molecule has 3 aromatic heterocycles. The van der Waals surface area contributed by atoms with Crippen LogP contribution >= 0.6 is 22.7 Å². The highest BCUT2D eigenvalue weighted by molar-refractivity contribution is 7.14. The molecule has 3 rings (SSSR count). The zero-order valence-electron chi connectivity index (χ0n) is 12.5. The van der Waals surface area contributed by atoms with Crippen LogP contribution < -0.4 is 5.32 Å². The van der Waals surface area contributed by atoms with Crippen molar-refractivity contribution in [3.05, 3.63) is 45.4 Å². The summed E-state index contributed by atoms with van der Waals surface area (Å²) in [6, 6.07) is 1.90. The Bertz CT molecular complexity index is 788. The minimum absolute atomic E-state index is 0.104. The third-order valence-corrected chi connectivity index (χ3v) is 5.17. The van der Waals surface area contributed by atoms with Crippen LogP contribution in [0, 0.1) is 6.92 Å². The molecule has 0 aromatic carbocycles. The number of hydrogen-bond donors (Lipinski definition) is 1. The Labute approximate surface area is 136 Å². The molecular weight excluding hydrogens is 316 g/mol. The summed E-state index contributed by atoms with van der Waals surface area (Å²) in [7, 11) is 1.89. The summed E-state index contributed by atoms with van der Waals surface area (Å²) in [5.74, 6) is -0.159. The molecule has 1 unspecified atom stereocenters. The molecule has 0 aliphatic rings. The van der Waals surface area contributed by atoms with Crippen LogP contribution in [0.1, 0.15) is 34.7 Å². The van der Waals surface area contributed by atoms with Crippen molar-refractivity contribution in [3.8, 4) is 10.6 Å². The van der Waals surface area contributed by atoms with Gasteiger partial charge in [-0.1, -0.05) is 0 Å². The molecule has 0 aliphatic carbocycles. The van der Waals surface area contributed by atoms with Gasteiger partial charge in [0.05, 0.1) is 12.2 Å². The molecule has 3 heterocycles. The number of aryl methyl sites for hydroxylation is 1. The summed E-state index contributed by atoms with van der Waals surface area (Å²) in [6.45, 7) is 3.94. The molecule has 1 atom stereocenters. The van der Waals surface area contributed by atoms with Crippen molar-refractivity contribution >= 4 is 28.6 Å². The highest BCUT2D eigenvalue weighted by Crippen LogP contribution is 2.26. The van der Waals surface area contributed by atoms with Gasteiger partial charge in [-0.05, 0) is 25.3 Å². The van der Waals surface area contributed by atoms with Crippen LogP contribution in [-0.2, 0) is 7.05 Å². The van der Waals surface area contributed by atoms with E-state index in [1.165, 1.54) is 11.3 Å². The van der Waals surface area contributed by atoms with Crippen molar-refractivity contribution in [1.82, 2.24) is 20.1 Å². The standard InChI is InChI=1S/C15H16N4OS2/c1-9(12-6-16-19(3)10(12)2)17-14(20)13-8-22-15(18-13)11-4-5-21-7-11/h4-9H,1-3H3,(H,17,20). The Balaban J connectivity index is 1.73. The number of nitrogens with one attached hydrogen (secondary N) is 1. The molecule has 0 bridgehead atoms. The van der Waals surface area contributed by atoms with E-state index < -0.39 is 0 Å². The van der Waals surface area contributed by atoms with Crippen molar-refractivity contribution in [2.45, 2.75) is 19.9 Å². The van der Waals surface area contributed by atoms with Crippen LogP contribution in [0.15, 0.2) is 28.4 Å². The Morgan fingerprint density at radius 3 is 2.86 bits per heavy atom. The second kappa shape index (κ2) is 6.02. The number of nitrogens with zero attached hydrogens (tertiary/aromatic N) is 3. The van der Waals surface area contributed by atoms with Gasteiger partial charge in [0, 0.05) is 34.6 Å². The second-order valence-electron chi connectivity index (χ2n) is 5.05. The van der Waals surface area contributed by atoms with E-state index in [-0.39, 0.29) is 11.9 Å². The molecule has 0 aliphatic heterocycles. The molecule has 1 amide bonds. The number of hydrogen-bond acceptors (Lipinski definition) is 5. The lowest BCUT2D eigenvalue weighted by molar-refractivity contribution is 0.0935. The Kier molecular flexibility index (Phi) is 4.08. The minimum Gasteiger partial charge on any atom is -0.344 e. The fourth-order valence-corrected chi connectivity index (χ4v) is 3.70. The van der Waals surface area contributed by atoms with Crippen molar-refractivity contribution < 1.29 is 4.79 Å². The van der Waals surface area contributed by atoms with Crippen LogP contribution in [0.3, 0.4) is 0 Å². The van der Waals surface area contributed by atoms with E-state index in [1.54, 1.807) is 27.6 Å². The van der Waals surface area contributed by atoms with Crippen LogP contribution in [0.4, 0.5) is 0 Å². The van der Waals surface area contributed by atoms with E-state index in [0.717, 1.165) is 21.8 Å². The van der Waals surface area contributed by atoms with Gasteiger partial charge in [-0.3, -0.25) is 9.48 Å². The number of amides is 1. The van der Waals surface area contributed by atoms with E-state index in [2.05, 4.69) is 15.4 Å². The fraction of sp³-hybridized carbons (Fsp3) is 0.267. The predicted octanol–water partition coefficient (Wildman–Crippen LogP) is 3.40. The first-order valence-corrected chi connectivity index (χ1v) is 8.66. The molecule has 7 heteroatoms. The van der Waals surface area contributed by atoms with E-state index in [0.29, 0.717) is 5.69 Å². The number of carbonyl (C=O) groups excluding carboxylic acids is 1. The first-order chi connectivity index (χ1) is 10.6. The molecular formula is C15H16N4OS2. The normalized spacial score (nSPS) is 12.3. The minimum atomic E-state index is -0.159. The number of aromatic nitrogens is 3. The first kappa shape index (κ1) is 14.9. The van der Waals surface area contributed by atoms with E-state index in [4.69, 9.17) is 0 Å². The lowest BCUT2D eigenvalue weighted by atomic mass is 10.1. The van der Waals surface area contributed by atoms with E-state index in [1.807, 2.05) is 37.7 Å². The van der Waals surface area contributed by atoms with Crippen molar-refractivity contribution in [1.29, 1.82) is 0 Å². The smallest absolute Gasteiger partial charge is 0.271 e. The maximum absolute atomic E-state index is 12.3. The van der Waals surface area contributed by atoms with Crippen molar-refractivity contribution in [2.75, 3.05) is 0 Å². The van der Waals surface area contributed by atoms with E-state index >= 15 is 0 Å². The Hall–Kier alpha value is -1.99. The van der Waals surface area contributed by atoms with Gasteiger partial charge in [0.1, 0.15) is 10.7 Å². The quantitative estimate of drug-likeness (QED) is 0.796. The largest absolute Gasteiger partial charge is 0.344 e. The third kappa shape index (κ3) is 2.82. The highest BCUT2D eigenvalue weighted by Gasteiger charge is 2.18. The second-order valence-corrected chi connectivity index (χ2v) is 6.69. The molecule has 0 spiro atoms. The van der Waals surface area contributed by atoms with Crippen LogP contribution in [0.25, 0.3) is 10.6 Å². The number of thiophene rings is 1. The number of thiazole rings is 1. The first-order valence-electron chi connectivity index (χ1n) is 6.83. The lowest BCUT2D eigenvalue weighted by Gasteiger charge is -2.12. The average molecular weight is 332 g/mol. The van der Waals surface area contributed by atoms with Gasteiger partial charge in [-0.2, -0.15) is 16.4 Å². The number of carbonyl (C=O) groups is 1. The predicted molar refractivity (Wildman–Crippen MR) is 89.3 cm³/mol. The summed E-state index contributed by atoms with van der Waals surface area (Å²) >= 11 is 3.10. The van der Waals surface area contributed by atoms with Crippen LogP contribution in [0.2, 0.25) is 0 Å². The highest BCUT2D eigenvalue weighted by atomic mass is 32.1. The molecule has 0 radical (unpaired) electrons. The maximum Gasteiger partial charge on any atom is 0.271 e. The molecule has 22 heavy (non-hydrogen) atoms. The summed E-state index contributed by atoms with van der Waals surface area (Å²) < 4.78 is 1.80.